The van der Waals surface area contributed by atoms with Crippen molar-refractivity contribution in [3.8, 4) is 0 Å². The molecule has 0 atom stereocenters. The van der Waals surface area contributed by atoms with Gasteiger partial charge in [-0.1, -0.05) is 37.5 Å². The fraction of sp³-hybridized carbons (Fsp3) is 0.474. The molecule has 0 bridgehead atoms. The molecule has 0 radical (unpaired) electrons. The number of amides is 1. The van der Waals surface area contributed by atoms with E-state index in [4.69, 9.17) is 0 Å². The predicted octanol–water partition coefficient (Wildman–Crippen LogP) is 3.60. The summed E-state index contributed by atoms with van der Waals surface area (Å²) >= 11 is 0. The summed E-state index contributed by atoms with van der Waals surface area (Å²) in [6, 6.07) is 8.12. The number of para-hydroxylation sites is 1. The zero-order valence-electron chi connectivity index (χ0n) is 13.9. The van der Waals surface area contributed by atoms with Crippen LogP contribution in [0.25, 0.3) is 10.9 Å². The second kappa shape index (κ2) is 6.57. The van der Waals surface area contributed by atoms with Crippen LogP contribution in [0.1, 0.15) is 55.1 Å². The molecule has 1 amide bonds. The molecule has 122 valence electrons. The van der Waals surface area contributed by atoms with E-state index in [1.165, 1.54) is 19.3 Å². The largest absolute Gasteiger partial charge is 0.352 e. The number of hydrogen-bond acceptors (Lipinski definition) is 2. The first-order valence-corrected chi connectivity index (χ1v) is 8.46. The van der Waals surface area contributed by atoms with Crippen LogP contribution in [0.15, 0.2) is 24.3 Å². The molecule has 1 aromatic carbocycles. The number of ketones is 1. The first-order valence-electron chi connectivity index (χ1n) is 8.46. The smallest absolute Gasteiger partial charge is 0.240 e. The Morgan fingerprint density at radius 2 is 1.87 bits per heavy atom. The number of Topliss-reactive ketones (excluding diaryl/α,β-unsaturated/α-hetero) is 1. The molecule has 3 rings (SSSR count). The van der Waals surface area contributed by atoms with Gasteiger partial charge in [-0.2, -0.15) is 0 Å². The summed E-state index contributed by atoms with van der Waals surface area (Å²) in [6.45, 7) is 3.78. The zero-order valence-corrected chi connectivity index (χ0v) is 13.9. The number of aromatic nitrogens is 1. The number of benzene rings is 1. The number of carbonyl (C=O) groups is 2. The highest BCUT2D eigenvalue weighted by Crippen LogP contribution is 2.26. The summed E-state index contributed by atoms with van der Waals surface area (Å²) in [5.74, 6) is 0.0843. The lowest BCUT2D eigenvalue weighted by atomic mass is 9.95. The Hall–Kier alpha value is -2.10. The maximum absolute atomic E-state index is 12.4. The Morgan fingerprint density at radius 3 is 2.57 bits per heavy atom. The Kier molecular flexibility index (Phi) is 4.51. The lowest BCUT2D eigenvalue weighted by molar-refractivity contribution is -0.122. The summed E-state index contributed by atoms with van der Waals surface area (Å²) < 4.78 is 1.96. The summed E-state index contributed by atoms with van der Waals surface area (Å²) in [7, 11) is 0. The number of nitrogens with one attached hydrogen (secondary N) is 1. The highest BCUT2D eigenvalue weighted by Gasteiger charge is 2.20. The monoisotopic (exact) mass is 312 g/mol. The lowest BCUT2D eigenvalue weighted by Crippen LogP contribution is -2.38. The molecule has 0 aliphatic heterocycles. The topological polar surface area (TPSA) is 51.1 Å². The molecule has 2 aromatic rings. The van der Waals surface area contributed by atoms with Crippen molar-refractivity contribution in [1.29, 1.82) is 0 Å². The Morgan fingerprint density at radius 1 is 1.17 bits per heavy atom. The van der Waals surface area contributed by atoms with Gasteiger partial charge in [-0.25, -0.2) is 0 Å². The van der Waals surface area contributed by atoms with Crippen LogP contribution in [-0.4, -0.2) is 22.3 Å². The highest BCUT2D eigenvalue weighted by molar-refractivity contribution is 6.08. The molecule has 0 unspecified atom stereocenters. The van der Waals surface area contributed by atoms with E-state index in [1.54, 1.807) is 6.92 Å². The van der Waals surface area contributed by atoms with E-state index in [1.807, 2.05) is 35.8 Å². The van der Waals surface area contributed by atoms with Gasteiger partial charge in [0.25, 0.3) is 0 Å². The second-order valence-corrected chi connectivity index (χ2v) is 6.52. The van der Waals surface area contributed by atoms with E-state index in [0.29, 0.717) is 6.04 Å². The Labute approximate surface area is 136 Å². The fourth-order valence-electron chi connectivity index (χ4n) is 3.74. The van der Waals surface area contributed by atoms with E-state index in [-0.39, 0.29) is 18.2 Å². The summed E-state index contributed by atoms with van der Waals surface area (Å²) in [5, 5.41) is 4.09. The van der Waals surface area contributed by atoms with E-state index < -0.39 is 0 Å². The molecule has 1 aromatic heterocycles. The van der Waals surface area contributed by atoms with Gasteiger partial charge in [-0.15, -0.1) is 0 Å². The first kappa shape index (κ1) is 15.8. The normalized spacial score (nSPS) is 15.7. The third kappa shape index (κ3) is 3.16. The molecule has 1 aliphatic rings. The van der Waals surface area contributed by atoms with E-state index >= 15 is 0 Å². The van der Waals surface area contributed by atoms with Crippen molar-refractivity contribution < 1.29 is 9.59 Å². The fourth-order valence-corrected chi connectivity index (χ4v) is 3.74. The van der Waals surface area contributed by atoms with Crippen LogP contribution in [0.4, 0.5) is 0 Å². The van der Waals surface area contributed by atoms with Gasteiger partial charge < -0.3 is 9.88 Å². The van der Waals surface area contributed by atoms with Crippen molar-refractivity contribution in [3.05, 3.63) is 35.5 Å². The van der Waals surface area contributed by atoms with Gasteiger partial charge in [0, 0.05) is 28.2 Å². The van der Waals surface area contributed by atoms with E-state index in [2.05, 4.69) is 5.32 Å². The minimum Gasteiger partial charge on any atom is -0.352 e. The quantitative estimate of drug-likeness (QED) is 0.877. The number of hydrogen-bond donors (Lipinski definition) is 1. The van der Waals surface area contributed by atoms with Crippen molar-refractivity contribution >= 4 is 22.6 Å². The van der Waals surface area contributed by atoms with Gasteiger partial charge in [-0.3, -0.25) is 9.59 Å². The van der Waals surface area contributed by atoms with Crippen LogP contribution in [0.2, 0.25) is 0 Å². The molecule has 1 saturated carbocycles. The van der Waals surface area contributed by atoms with Crippen LogP contribution >= 0.6 is 0 Å². The maximum Gasteiger partial charge on any atom is 0.240 e. The molecule has 4 nitrogen and oxygen atoms in total. The number of nitrogens with zero attached hydrogens (tertiary/aromatic N) is 1. The lowest BCUT2D eigenvalue weighted by Gasteiger charge is -2.23. The van der Waals surface area contributed by atoms with Crippen LogP contribution in [0.3, 0.4) is 0 Å². The predicted molar refractivity (Wildman–Crippen MR) is 91.7 cm³/mol. The highest BCUT2D eigenvalue weighted by atomic mass is 16.2. The van der Waals surface area contributed by atoms with Crippen molar-refractivity contribution in [1.82, 2.24) is 9.88 Å². The Balaban J connectivity index is 1.86. The SMILES string of the molecule is CC(=O)c1c(C)n(CC(=O)NC2CCCCC2)c2ccccc12. The van der Waals surface area contributed by atoms with Crippen LogP contribution in [-0.2, 0) is 11.3 Å². The summed E-state index contributed by atoms with van der Waals surface area (Å²) in [6.07, 6.45) is 5.83. The number of rotatable bonds is 4. The Bertz CT molecular complexity index is 739. The van der Waals surface area contributed by atoms with Crippen molar-refractivity contribution in [2.45, 2.75) is 58.5 Å². The van der Waals surface area contributed by atoms with Gasteiger partial charge in [0.1, 0.15) is 6.54 Å². The molecule has 1 N–H and O–H groups in total. The van der Waals surface area contributed by atoms with Crippen LogP contribution in [0, 0.1) is 6.92 Å². The summed E-state index contributed by atoms with van der Waals surface area (Å²) in [4.78, 5) is 24.4. The molecular weight excluding hydrogens is 288 g/mol. The number of carbonyl (C=O) groups excluding carboxylic acids is 2. The molecule has 0 spiro atoms. The van der Waals surface area contributed by atoms with Gasteiger partial charge >= 0.3 is 0 Å². The third-order valence-corrected chi connectivity index (χ3v) is 4.85. The molecule has 0 saturated heterocycles. The average Bonchev–Trinajstić information content (AvgIpc) is 2.81. The zero-order chi connectivity index (χ0) is 16.4. The van der Waals surface area contributed by atoms with Crippen molar-refractivity contribution in [3.63, 3.8) is 0 Å². The van der Waals surface area contributed by atoms with Crippen LogP contribution in [0.5, 0.6) is 0 Å². The first-order chi connectivity index (χ1) is 11.1. The van der Waals surface area contributed by atoms with Gasteiger partial charge in [-0.05, 0) is 32.8 Å². The van der Waals surface area contributed by atoms with E-state index in [9.17, 15) is 9.59 Å². The standard InChI is InChI=1S/C19H24N2O2/c1-13-19(14(2)22)16-10-6-7-11-17(16)21(13)12-18(23)20-15-8-4-3-5-9-15/h6-7,10-11,15H,3-5,8-9,12H2,1-2H3,(H,20,23). The third-order valence-electron chi connectivity index (χ3n) is 4.85. The molecule has 1 aliphatic carbocycles. The van der Waals surface area contributed by atoms with Crippen molar-refractivity contribution in [2.24, 2.45) is 0 Å². The van der Waals surface area contributed by atoms with Crippen LogP contribution < -0.4 is 5.32 Å². The second-order valence-electron chi connectivity index (χ2n) is 6.52. The minimum atomic E-state index is 0.0378. The molecule has 4 heteroatoms. The molecule has 23 heavy (non-hydrogen) atoms. The van der Waals surface area contributed by atoms with Gasteiger partial charge in [0.15, 0.2) is 5.78 Å². The van der Waals surface area contributed by atoms with Gasteiger partial charge in [0.05, 0.1) is 0 Å². The minimum absolute atomic E-state index is 0.0378. The average molecular weight is 312 g/mol. The molecular formula is C19H24N2O2. The maximum atomic E-state index is 12.4. The molecule has 1 fully saturated rings. The summed E-state index contributed by atoms with van der Waals surface area (Å²) in [5.41, 5.74) is 2.55. The van der Waals surface area contributed by atoms with E-state index in [0.717, 1.165) is 35.0 Å². The number of fused-ring (bicyclic) bond motifs is 1. The van der Waals surface area contributed by atoms with Gasteiger partial charge in [0.2, 0.25) is 5.91 Å². The molecule has 1 heterocycles. The van der Waals surface area contributed by atoms with Crippen molar-refractivity contribution in [2.75, 3.05) is 0 Å².